The summed E-state index contributed by atoms with van der Waals surface area (Å²) in [5.41, 5.74) is -2.08. The average Bonchev–Trinajstić information content (AvgIpc) is 2.83. The van der Waals surface area contributed by atoms with Crippen LogP contribution in [0, 0.1) is 16.7 Å². The fraction of sp³-hybridized carbons (Fsp3) is 0.407. The minimum atomic E-state index is -1.66. The summed E-state index contributed by atoms with van der Waals surface area (Å²) in [6.45, 7) is 7.36. The van der Waals surface area contributed by atoms with Crippen LogP contribution in [0.1, 0.15) is 45.2 Å². The lowest BCUT2D eigenvalue weighted by Crippen LogP contribution is -2.60. The van der Waals surface area contributed by atoms with E-state index in [4.69, 9.17) is 9.47 Å². The Morgan fingerprint density at radius 1 is 0.971 bits per heavy atom. The first kappa shape index (κ1) is 28.5. The van der Waals surface area contributed by atoms with Crippen LogP contribution < -0.4 is 5.32 Å². The number of hydrogen-bond acceptors (Lipinski definition) is 6. The van der Waals surface area contributed by atoms with Crippen molar-refractivity contribution in [3.05, 3.63) is 71.8 Å². The molecule has 0 spiro atoms. The SMILES string of the molecule is COC(=O)C(C)(C)C(C)(C)NC(=O)C(C#N)(CC=O)c1ccccc1.COCc1ccccc1. The summed E-state index contributed by atoms with van der Waals surface area (Å²) in [6.07, 6.45) is 0.266. The van der Waals surface area contributed by atoms with Gasteiger partial charge in [-0.15, -0.1) is 0 Å². The van der Waals surface area contributed by atoms with E-state index >= 15 is 0 Å². The molecule has 0 radical (unpaired) electrons. The summed E-state index contributed by atoms with van der Waals surface area (Å²) in [7, 11) is 2.98. The molecule has 0 fully saturated rings. The van der Waals surface area contributed by atoms with Gasteiger partial charge in [0.05, 0.1) is 30.7 Å². The average molecular weight is 467 g/mol. The van der Waals surface area contributed by atoms with Crippen LogP contribution in [-0.2, 0) is 35.9 Å². The van der Waals surface area contributed by atoms with Crippen molar-refractivity contribution in [3.8, 4) is 6.07 Å². The van der Waals surface area contributed by atoms with Gasteiger partial charge in [0.15, 0.2) is 5.41 Å². The van der Waals surface area contributed by atoms with Crippen molar-refractivity contribution in [2.45, 2.75) is 51.7 Å². The molecule has 1 amide bonds. The molecule has 0 saturated carbocycles. The Morgan fingerprint density at radius 3 is 1.94 bits per heavy atom. The molecular weight excluding hydrogens is 432 g/mol. The van der Waals surface area contributed by atoms with Crippen LogP contribution in [0.15, 0.2) is 60.7 Å². The second-order valence-corrected chi connectivity index (χ2v) is 8.87. The van der Waals surface area contributed by atoms with E-state index in [1.165, 1.54) is 12.7 Å². The number of hydrogen-bond donors (Lipinski definition) is 1. The second-order valence-electron chi connectivity index (χ2n) is 8.87. The molecule has 1 N–H and O–H groups in total. The summed E-state index contributed by atoms with van der Waals surface area (Å²) < 4.78 is 9.74. The molecule has 0 aromatic heterocycles. The van der Waals surface area contributed by atoms with Crippen molar-refractivity contribution in [1.82, 2.24) is 5.32 Å². The van der Waals surface area contributed by atoms with E-state index < -0.39 is 28.2 Å². The molecule has 0 aliphatic carbocycles. The topological polar surface area (TPSA) is 105 Å². The fourth-order valence-corrected chi connectivity index (χ4v) is 3.15. The van der Waals surface area contributed by atoms with E-state index in [1.807, 2.05) is 36.4 Å². The molecule has 0 aliphatic heterocycles. The second kappa shape index (κ2) is 12.7. The Hall–Kier alpha value is -3.50. The Morgan fingerprint density at radius 2 is 1.50 bits per heavy atom. The van der Waals surface area contributed by atoms with E-state index in [0.717, 1.165) is 0 Å². The highest BCUT2D eigenvalue weighted by molar-refractivity contribution is 5.94. The maximum atomic E-state index is 13.0. The van der Waals surface area contributed by atoms with Gasteiger partial charge in [-0.05, 0) is 38.8 Å². The summed E-state index contributed by atoms with van der Waals surface area (Å²) in [4.78, 5) is 36.3. The number of nitrogens with one attached hydrogen (secondary N) is 1. The van der Waals surface area contributed by atoms with E-state index in [9.17, 15) is 19.6 Å². The Labute approximate surface area is 202 Å². The number of benzene rings is 2. The first-order chi connectivity index (χ1) is 16.0. The number of esters is 1. The van der Waals surface area contributed by atoms with Crippen molar-refractivity contribution in [3.63, 3.8) is 0 Å². The fourth-order valence-electron chi connectivity index (χ4n) is 3.15. The van der Waals surface area contributed by atoms with Gasteiger partial charge < -0.3 is 19.6 Å². The maximum Gasteiger partial charge on any atom is 0.313 e. The largest absolute Gasteiger partial charge is 0.469 e. The number of aldehydes is 1. The lowest BCUT2D eigenvalue weighted by molar-refractivity contribution is -0.156. The minimum absolute atomic E-state index is 0.284. The maximum absolute atomic E-state index is 13.0. The van der Waals surface area contributed by atoms with Gasteiger partial charge in [-0.1, -0.05) is 60.7 Å². The highest BCUT2D eigenvalue weighted by Gasteiger charge is 2.49. The molecule has 7 heteroatoms. The van der Waals surface area contributed by atoms with Gasteiger partial charge in [-0.25, -0.2) is 0 Å². The third-order valence-electron chi connectivity index (χ3n) is 6.07. The van der Waals surface area contributed by atoms with E-state index in [0.29, 0.717) is 18.5 Å². The predicted octanol–water partition coefficient (Wildman–Crippen LogP) is 3.96. The van der Waals surface area contributed by atoms with Crippen LogP contribution in [0.5, 0.6) is 0 Å². The van der Waals surface area contributed by atoms with E-state index in [-0.39, 0.29) is 6.42 Å². The van der Waals surface area contributed by atoms with Gasteiger partial charge in [0, 0.05) is 13.5 Å². The highest BCUT2D eigenvalue weighted by atomic mass is 16.5. The van der Waals surface area contributed by atoms with Crippen LogP contribution >= 0.6 is 0 Å². The lowest BCUT2D eigenvalue weighted by atomic mass is 9.72. The lowest BCUT2D eigenvalue weighted by Gasteiger charge is -2.41. The Balaban J connectivity index is 0.000000533. The summed E-state index contributed by atoms with van der Waals surface area (Å²) in [5.74, 6) is -1.12. The smallest absolute Gasteiger partial charge is 0.313 e. The van der Waals surface area contributed by atoms with Gasteiger partial charge in [-0.3, -0.25) is 9.59 Å². The molecule has 0 heterocycles. The number of nitriles is 1. The molecule has 1 unspecified atom stereocenters. The first-order valence-corrected chi connectivity index (χ1v) is 10.9. The van der Waals surface area contributed by atoms with Crippen molar-refractivity contribution in [1.29, 1.82) is 5.26 Å². The molecule has 0 saturated heterocycles. The van der Waals surface area contributed by atoms with Crippen LogP contribution in [0.4, 0.5) is 0 Å². The zero-order chi connectivity index (χ0) is 25.8. The molecular formula is C27H34N2O5. The van der Waals surface area contributed by atoms with Crippen LogP contribution in [0.3, 0.4) is 0 Å². The third kappa shape index (κ3) is 6.75. The number of carbonyl (C=O) groups excluding carboxylic acids is 3. The summed E-state index contributed by atoms with van der Waals surface area (Å²) in [5, 5.41) is 12.5. The molecule has 34 heavy (non-hydrogen) atoms. The van der Waals surface area contributed by atoms with Gasteiger partial charge in [0.2, 0.25) is 5.91 Å². The number of methoxy groups -OCH3 is 2. The standard InChI is InChI=1S/C19H24N2O4.C8H10O/c1-17(2,16(24)25-5)18(3,4)21-15(23)19(13-20,11-12-22)14-9-7-6-8-10-14;1-9-7-8-5-3-2-4-6-8/h6-10,12H,11H2,1-5H3,(H,21,23);2-6H,7H2,1H3. The molecule has 7 nitrogen and oxygen atoms in total. The monoisotopic (exact) mass is 466 g/mol. The van der Waals surface area contributed by atoms with Crippen molar-refractivity contribution >= 4 is 18.2 Å². The van der Waals surface area contributed by atoms with Crippen molar-refractivity contribution in [2.75, 3.05) is 14.2 Å². The number of rotatable bonds is 9. The van der Waals surface area contributed by atoms with Crippen LogP contribution in [-0.4, -0.2) is 37.9 Å². The Bertz CT molecular complexity index is 981. The Kier molecular flexibility index (Phi) is 10.6. The van der Waals surface area contributed by atoms with E-state index in [1.54, 1.807) is 65.1 Å². The molecule has 2 aromatic rings. The predicted molar refractivity (Wildman–Crippen MR) is 130 cm³/mol. The number of ether oxygens (including phenoxy) is 2. The van der Waals surface area contributed by atoms with Crippen LogP contribution in [0.2, 0.25) is 0 Å². The zero-order valence-corrected chi connectivity index (χ0v) is 20.8. The molecule has 2 aromatic carbocycles. The normalized spacial score (nSPS) is 12.7. The molecule has 182 valence electrons. The summed E-state index contributed by atoms with van der Waals surface area (Å²) in [6, 6.07) is 20.5. The van der Waals surface area contributed by atoms with Crippen molar-refractivity contribution in [2.24, 2.45) is 5.41 Å². The minimum Gasteiger partial charge on any atom is -0.469 e. The molecule has 1 atom stereocenters. The summed E-state index contributed by atoms with van der Waals surface area (Å²) >= 11 is 0. The molecule has 0 aliphatic rings. The first-order valence-electron chi connectivity index (χ1n) is 10.9. The van der Waals surface area contributed by atoms with Crippen LogP contribution in [0.25, 0.3) is 0 Å². The quantitative estimate of drug-likeness (QED) is 0.443. The van der Waals surface area contributed by atoms with Gasteiger partial charge in [0.25, 0.3) is 0 Å². The number of carbonyl (C=O) groups is 3. The number of nitrogens with zero attached hydrogens (tertiary/aromatic N) is 1. The molecule has 2 rings (SSSR count). The number of amides is 1. The van der Waals surface area contributed by atoms with Gasteiger partial charge in [0.1, 0.15) is 6.29 Å². The van der Waals surface area contributed by atoms with Gasteiger partial charge >= 0.3 is 5.97 Å². The third-order valence-corrected chi connectivity index (χ3v) is 6.07. The van der Waals surface area contributed by atoms with Gasteiger partial charge in [-0.2, -0.15) is 5.26 Å². The van der Waals surface area contributed by atoms with Crippen molar-refractivity contribution < 1.29 is 23.9 Å². The van der Waals surface area contributed by atoms with E-state index in [2.05, 4.69) is 5.32 Å². The zero-order valence-electron chi connectivity index (χ0n) is 20.8. The highest BCUT2D eigenvalue weighted by Crippen LogP contribution is 2.34. The molecule has 0 bridgehead atoms.